The Balaban J connectivity index is 1.48. The third kappa shape index (κ3) is 5.71. The highest BCUT2D eigenvalue weighted by Gasteiger charge is 2.36. The lowest BCUT2D eigenvalue weighted by molar-refractivity contribution is -0.384. The number of nitro benzene ring substituents is 1. The fourth-order valence-corrected chi connectivity index (χ4v) is 6.06. The van der Waals surface area contributed by atoms with Crippen molar-refractivity contribution in [1.82, 2.24) is 9.78 Å². The van der Waals surface area contributed by atoms with E-state index in [2.05, 4.69) is 9.50 Å². The van der Waals surface area contributed by atoms with Crippen LogP contribution in [0.1, 0.15) is 11.3 Å². The molecule has 1 aliphatic rings. The van der Waals surface area contributed by atoms with Crippen LogP contribution in [-0.2, 0) is 21.0 Å². The van der Waals surface area contributed by atoms with Gasteiger partial charge in [0, 0.05) is 17.7 Å². The molecule has 0 spiro atoms. The molecule has 1 amide bonds. The number of aryl methyl sites for hydroxylation is 1. The molecule has 0 aliphatic carbocycles. The molecule has 210 valence electrons. The Morgan fingerprint density at radius 2 is 1.59 bits per heavy atom. The molecule has 15 heteroatoms. The number of nitrogens with zero attached hydrogens (tertiary/aromatic N) is 5. The Bertz CT molecular complexity index is 1790. The number of anilines is 1. The normalized spacial score (nSPS) is 15.1. The number of non-ortho nitro benzene ring substituents is 1. The van der Waals surface area contributed by atoms with Gasteiger partial charge in [0.15, 0.2) is 10.9 Å². The molecular formula is C26H18F3N5O5S2. The number of hydrogen-bond donors (Lipinski definition) is 0. The molecule has 10 nitrogen and oxygen atoms in total. The highest BCUT2D eigenvalue weighted by molar-refractivity contribution is 8.16. The number of alkyl halides is 3. The van der Waals surface area contributed by atoms with E-state index < -0.39 is 32.7 Å². The average molecular weight is 602 g/mol. The molecule has 0 bridgehead atoms. The SMILES string of the molecule is Cc1ccc(-c2cc(C(F)(F)F)nn2-c2ccc(S(=O)(=O)/N=C3\SCC(=O)N3c3ccc([N+](=O)[O-])cc3)cc2)cc1. The zero-order valence-electron chi connectivity index (χ0n) is 20.9. The van der Waals surface area contributed by atoms with Crippen molar-refractivity contribution in [1.29, 1.82) is 0 Å². The molecule has 3 aromatic carbocycles. The number of carbonyl (C=O) groups excluding carboxylic acids is 1. The van der Waals surface area contributed by atoms with Crippen LogP contribution in [0.4, 0.5) is 24.5 Å². The minimum absolute atomic E-state index is 0.0904. The van der Waals surface area contributed by atoms with Crippen LogP contribution < -0.4 is 4.90 Å². The van der Waals surface area contributed by atoms with E-state index in [-0.39, 0.29) is 38.6 Å². The van der Waals surface area contributed by atoms with Crippen LogP contribution in [0.25, 0.3) is 16.9 Å². The number of amidine groups is 1. The molecule has 1 aromatic heterocycles. The lowest BCUT2D eigenvalue weighted by atomic mass is 10.1. The summed E-state index contributed by atoms with van der Waals surface area (Å²) in [6.45, 7) is 1.84. The molecule has 2 heterocycles. The van der Waals surface area contributed by atoms with E-state index in [1.54, 1.807) is 24.3 Å². The van der Waals surface area contributed by atoms with Crippen molar-refractivity contribution in [2.75, 3.05) is 10.7 Å². The highest BCUT2D eigenvalue weighted by Crippen LogP contribution is 2.34. The van der Waals surface area contributed by atoms with E-state index in [1.165, 1.54) is 48.5 Å². The Kier molecular flexibility index (Phi) is 7.17. The number of rotatable bonds is 6. The van der Waals surface area contributed by atoms with Gasteiger partial charge in [0.05, 0.1) is 32.6 Å². The van der Waals surface area contributed by atoms with Crippen molar-refractivity contribution in [3.8, 4) is 16.9 Å². The van der Waals surface area contributed by atoms with Crippen molar-refractivity contribution in [2.45, 2.75) is 18.0 Å². The quantitative estimate of drug-likeness (QED) is 0.208. The molecule has 1 aliphatic heterocycles. The summed E-state index contributed by atoms with van der Waals surface area (Å²) in [6.07, 6.45) is -4.70. The van der Waals surface area contributed by atoms with Gasteiger partial charge >= 0.3 is 6.18 Å². The molecule has 1 fully saturated rings. The fraction of sp³-hybridized carbons (Fsp3) is 0.115. The maximum absolute atomic E-state index is 13.5. The van der Waals surface area contributed by atoms with Crippen LogP contribution in [0.3, 0.4) is 0 Å². The Morgan fingerprint density at radius 1 is 0.976 bits per heavy atom. The summed E-state index contributed by atoms with van der Waals surface area (Å²) in [6, 6.07) is 17.7. The number of benzene rings is 3. The van der Waals surface area contributed by atoms with E-state index in [1.807, 2.05) is 6.92 Å². The summed E-state index contributed by atoms with van der Waals surface area (Å²) in [5.41, 5.74) is 0.637. The van der Waals surface area contributed by atoms with Gasteiger partial charge in [-0.15, -0.1) is 4.40 Å². The predicted molar refractivity (Wildman–Crippen MR) is 146 cm³/mol. The molecule has 4 aromatic rings. The van der Waals surface area contributed by atoms with Gasteiger partial charge < -0.3 is 0 Å². The molecule has 0 radical (unpaired) electrons. The largest absolute Gasteiger partial charge is 0.435 e. The van der Waals surface area contributed by atoms with Crippen LogP contribution in [0.2, 0.25) is 0 Å². The number of halogens is 3. The van der Waals surface area contributed by atoms with Crippen molar-refractivity contribution in [3.63, 3.8) is 0 Å². The van der Waals surface area contributed by atoms with Gasteiger partial charge in [0.1, 0.15) is 0 Å². The lowest BCUT2D eigenvalue weighted by Gasteiger charge is -2.15. The van der Waals surface area contributed by atoms with E-state index in [0.717, 1.165) is 33.0 Å². The monoisotopic (exact) mass is 601 g/mol. The summed E-state index contributed by atoms with van der Waals surface area (Å²) >= 11 is 0.884. The second kappa shape index (κ2) is 10.5. The van der Waals surface area contributed by atoms with Gasteiger partial charge in [-0.1, -0.05) is 41.6 Å². The molecule has 0 atom stereocenters. The number of hydrogen-bond acceptors (Lipinski definition) is 7. The summed E-state index contributed by atoms with van der Waals surface area (Å²) in [7, 11) is -4.36. The van der Waals surface area contributed by atoms with Gasteiger partial charge in [-0.05, 0) is 49.4 Å². The first-order valence-electron chi connectivity index (χ1n) is 11.7. The van der Waals surface area contributed by atoms with Crippen LogP contribution in [0.15, 0.2) is 88.2 Å². The van der Waals surface area contributed by atoms with Gasteiger partial charge in [-0.25, -0.2) is 4.68 Å². The molecular weight excluding hydrogens is 583 g/mol. The third-order valence-electron chi connectivity index (χ3n) is 6.01. The average Bonchev–Trinajstić information content (AvgIpc) is 3.53. The standard InChI is InChI=1S/C26H18F3N5O5S2/c1-16-2-4-17(5-3-16)22-14-23(26(27,28)29)30-33(22)19-10-12-21(13-11-19)41(38,39)31-25-32(24(35)15-40-25)18-6-8-20(9-7-18)34(36)37/h2-14H,15H2,1H3/b31-25-. The van der Waals surface area contributed by atoms with Crippen molar-refractivity contribution in [3.05, 3.63) is 100 Å². The maximum Gasteiger partial charge on any atom is 0.435 e. The minimum Gasteiger partial charge on any atom is -0.273 e. The molecule has 0 unspecified atom stereocenters. The second-order valence-electron chi connectivity index (χ2n) is 8.82. The number of nitro groups is 1. The van der Waals surface area contributed by atoms with Gasteiger partial charge in [0.25, 0.3) is 15.7 Å². The zero-order valence-corrected chi connectivity index (χ0v) is 22.6. The van der Waals surface area contributed by atoms with Crippen molar-refractivity contribution in [2.24, 2.45) is 4.40 Å². The number of amides is 1. The van der Waals surface area contributed by atoms with Crippen molar-refractivity contribution >= 4 is 44.2 Å². The Hall–Kier alpha value is -4.50. The van der Waals surface area contributed by atoms with Gasteiger partial charge in [-0.2, -0.15) is 26.7 Å². The molecule has 0 saturated carbocycles. The van der Waals surface area contributed by atoms with E-state index in [4.69, 9.17) is 0 Å². The lowest BCUT2D eigenvalue weighted by Crippen LogP contribution is -2.29. The van der Waals surface area contributed by atoms with Crippen LogP contribution in [-0.4, -0.2) is 39.9 Å². The maximum atomic E-state index is 13.5. The smallest absolute Gasteiger partial charge is 0.273 e. The van der Waals surface area contributed by atoms with Gasteiger partial charge in [-0.3, -0.25) is 19.8 Å². The summed E-state index contributed by atoms with van der Waals surface area (Å²) in [4.78, 5) is 23.6. The van der Waals surface area contributed by atoms with E-state index >= 15 is 0 Å². The number of aromatic nitrogens is 2. The molecule has 41 heavy (non-hydrogen) atoms. The van der Waals surface area contributed by atoms with E-state index in [9.17, 15) is 36.5 Å². The fourth-order valence-electron chi connectivity index (χ4n) is 3.97. The minimum atomic E-state index is -4.70. The number of sulfonamides is 1. The summed E-state index contributed by atoms with van der Waals surface area (Å²) < 4.78 is 71.6. The molecule has 5 rings (SSSR count). The van der Waals surface area contributed by atoms with Crippen molar-refractivity contribution < 1.29 is 31.3 Å². The predicted octanol–water partition coefficient (Wildman–Crippen LogP) is 5.60. The second-order valence-corrected chi connectivity index (χ2v) is 11.4. The Labute approximate surface area is 235 Å². The highest BCUT2D eigenvalue weighted by atomic mass is 32.2. The first-order chi connectivity index (χ1) is 19.3. The van der Waals surface area contributed by atoms with Crippen LogP contribution >= 0.6 is 11.8 Å². The first kappa shape index (κ1) is 28.0. The Morgan fingerprint density at radius 3 is 2.17 bits per heavy atom. The first-order valence-corrected chi connectivity index (χ1v) is 14.2. The van der Waals surface area contributed by atoms with Crippen LogP contribution in [0.5, 0.6) is 0 Å². The summed E-state index contributed by atoms with van der Waals surface area (Å²) in [5.74, 6) is -0.552. The molecule has 1 saturated heterocycles. The number of carbonyl (C=O) groups is 1. The number of thioether (sulfide) groups is 1. The molecule has 0 N–H and O–H groups in total. The van der Waals surface area contributed by atoms with Crippen LogP contribution in [0, 0.1) is 17.0 Å². The van der Waals surface area contributed by atoms with E-state index in [0.29, 0.717) is 5.56 Å². The topological polar surface area (TPSA) is 128 Å². The third-order valence-corrected chi connectivity index (χ3v) is 8.33. The summed E-state index contributed by atoms with van der Waals surface area (Å²) in [5, 5.41) is 14.5. The zero-order chi connectivity index (χ0) is 29.5. The van der Waals surface area contributed by atoms with Gasteiger partial charge in [0.2, 0.25) is 5.91 Å².